The molecular weight excluding hydrogens is 680 g/mol. The van der Waals surface area contributed by atoms with Gasteiger partial charge in [0.2, 0.25) is 0 Å². The second kappa shape index (κ2) is 17.9. The molecule has 276 valence electrons. The van der Waals surface area contributed by atoms with Crippen LogP contribution >= 0.6 is 0 Å². The van der Waals surface area contributed by atoms with Crippen molar-refractivity contribution in [2.45, 2.75) is 25.7 Å². The van der Waals surface area contributed by atoms with Gasteiger partial charge in [-0.25, -0.2) is 0 Å². The summed E-state index contributed by atoms with van der Waals surface area (Å²) in [4.78, 5) is 49.6. The minimum atomic E-state index is 0.202. The number of carbonyl (C=O) groups excluding carboxylic acids is 4. The standard InChI is InChI=1S/C42H42O11/c1-47-39-31-11-27(23-43)12-32(39)20-36-16-30(26-46)18-38-22-34-14-28(24-44)13-33(40(34)48-2)21-37-17-29(25-45)15-35(19-31)41(37)52-9-7-50-5-3-49-4-6-51-8-10-53-42(36)38/h11-18,23-26H,3-10,19-22H2,1-2H3. The Morgan fingerprint density at radius 2 is 0.642 bits per heavy atom. The Bertz CT molecular complexity index is 1750. The van der Waals surface area contributed by atoms with Crippen LogP contribution in [0.4, 0.5) is 0 Å². The van der Waals surface area contributed by atoms with Crippen LogP contribution in [0.3, 0.4) is 0 Å². The Balaban J connectivity index is 1.66. The topological polar surface area (TPSA) is 133 Å². The molecule has 1 heterocycles. The van der Waals surface area contributed by atoms with Crippen molar-refractivity contribution in [1.82, 2.24) is 0 Å². The van der Waals surface area contributed by atoms with Gasteiger partial charge in [0.25, 0.3) is 0 Å². The number of carbonyl (C=O) groups is 4. The van der Waals surface area contributed by atoms with Crippen molar-refractivity contribution >= 4 is 25.1 Å². The lowest BCUT2D eigenvalue weighted by molar-refractivity contribution is 0.00484. The molecule has 0 unspecified atom stereocenters. The Morgan fingerprint density at radius 3 is 0.887 bits per heavy atom. The Morgan fingerprint density at radius 1 is 0.396 bits per heavy atom. The van der Waals surface area contributed by atoms with Crippen LogP contribution in [0.25, 0.3) is 0 Å². The monoisotopic (exact) mass is 722 g/mol. The van der Waals surface area contributed by atoms with E-state index in [-0.39, 0.29) is 52.1 Å². The number of fused-ring (bicyclic) bond motifs is 2. The second-order valence-corrected chi connectivity index (χ2v) is 12.8. The van der Waals surface area contributed by atoms with E-state index in [1.165, 1.54) is 0 Å². The van der Waals surface area contributed by atoms with Crippen LogP contribution in [-0.2, 0) is 39.9 Å². The highest BCUT2D eigenvalue weighted by Gasteiger charge is 2.24. The van der Waals surface area contributed by atoms with Crippen molar-refractivity contribution in [3.8, 4) is 23.0 Å². The average molecular weight is 723 g/mol. The quantitative estimate of drug-likeness (QED) is 0.207. The van der Waals surface area contributed by atoms with E-state index < -0.39 is 0 Å². The summed E-state index contributed by atoms with van der Waals surface area (Å²) in [5.74, 6) is 2.18. The maximum atomic E-state index is 12.4. The Labute approximate surface area is 308 Å². The smallest absolute Gasteiger partial charge is 0.150 e. The lowest BCUT2D eigenvalue weighted by Gasteiger charge is -2.23. The molecule has 4 aromatic carbocycles. The number of hydrogen-bond acceptors (Lipinski definition) is 11. The normalized spacial score (nSPS) is 15.2. The summed E-state index contributed by atoms with van der Waals surface area (Å²) in [6, 6.07) is 14.1. The maximum Gasteiger partial charge on any atom is 0.150 e. The van der Waals surface area contributed by atoms with E-state index in [0.717, 1.165) is 25.1 Å². The fourth-order valence-electron chi connectivity index (χ4n) is 7.11. The van der Waals surface area contributed by atoms with E-state index in [1.54, 1.807) is 62.8 Å². The fraction of sp³-hybridized carbons (Fsp3) is 0.333. The first-order valence-corrected chi connectivity index (χ1v) is 17.5. The fourth-order valence-corrected chi connectivity index (χ4v) is 7.11. The second-order valence-electron chi connectivity index (χ2n) is 12.8. The van der Waals surface area contributed by atoms with Gasteiger partial charge < -0.3 is 33.2 Å². The van der Waals surface area contributed by atoms with Crippen LogP contribution in [0.5, 0.6) is 23.0 Å². The SMILES string of the molecule is COc1c2cc(C=O)cc1Cc1cc(C=O)cc3c1OCCOCCOCCOCCOc1c(cc(C=O)cc1Cc1cc(C=O)cc(c1OC)C3)C2. The van der Waals surface area contributed by atoms with E-state index in [0.29, 0.717) is 116 Å². The predicted molar refractivity (Wildman–Crippen MR) is 195 cm³/mol. The summed E-state index contributed by atoms with van der Waals surface area (Å²) >= 11 is 0. The molecule has 53 heavy (non-hydrogen) atoms. The molecule has 0 aromatic heterocycles. The molecule has 2 aliphatic rings. The van der Waals surface area contributed by atoms with Crippen LogP contribution in [-0.4, -0.2) is 92.2 Å². The number of rotatable bonds is 6. The van der Waals surface area contributed by atoms with Gasteiger partial charge in [0, 0.05) is 47.9 Å². The third-order valence-corrected chi connectivity index (χ3v) is 9.23. The zero-order chi connectivity index (χ0) is 37.2. The van der Waals surface area contributed by atoms with E-state index in [9.17, 15) is 19.2 Å². The van der Waals surface area contributed by atoms with Crippen LogP contribution in [0.1, 0.15) is 85.9 Å². The average Bonchev–Trinajstić information content (AvgIpc) is 3.16. The van der Waals surface area contributed by atoms with E-state index in [1.807, 2.05) is 0 Å². The van der Waals surface area contributed by atoms with Gasteiger partial charge in [-0.3, -0.25) is 19.2 Å². The van der Waals surface area contributed by atoms with Crippen molar-refractivity contribution in [2.24, 2.45) is 0 Å². The van der Waals surface area contributed by atoms with Crippen LogP contribution in [0, 0.1) is 0 Å². The molecule has 0 saturated carbocycles. The molecule has 1 aliphatic heterocycles. The van der Waals surface area contributed by atoms with Crippen molar-refractivity contribution < 1.29 is 52.3 Å². The predicted octanol–water partition coefficient (Wildman–Crippen LogP) is 5.45. The van der Waals surface area contributed by atoms with Crippen LogP contribution in [0.15, 0.2) is 48.5 Å². The third-order valence-electron chi connectivity index (χ3n) is 9.23. The third kappa shape index (κ3) is 8.82. The van der Waals surface area contributed by atoms with E-state index >= 15 is 0 Å². The first-order valence-electron chi connectivity index (χ1n) is 17.5. The molecular formula is C42H42O11. The van der Waals surface area contributed by atoms with Gasteiger partial charge in [-0.15, -0.1) is 0 Å². The lowest BCUT2D eigenvalue weighted by atomic mass is 9.88. The minimum Gasteiger partial charge on any atom is -0.496 e. The van der Waals surface area contributed by atoms with Gasteiger partial charge in [-0.1, -0.05) is 0 Å². The van der Waals surface area contributed by atoms with Gasteiger partial charge in [0.1, 0.15) is 61.4 Å². The molecule has 0 atom stereocenters. The van der Waals surface area contributed by atoms with Gasteiger partial charge in [-0.05, 0) is 93.0 Å². The number of methoxy groups -OCH3 is 2. The summed E-state index contributed by atoms with van der Waals surface area (Å²) in [6.07, 6.45) is 4.11. The summed E-state index contributed by atoms with van der Waals surface area (Å²) in [5.41, 5.74) is 7.25. The van der Waals surface area contributed by atoms with Gasteiger partial charge in [0.05, 0.1) is 53.9 Å². The Kier molecular flexibility index (Phi) is 12.6. The van der Waals surface area contributed by atoms with Gasteiger partial charge in [-0.2, -0.15) is 0 Å². The molecule has 0 amide bonds. The highest BCUT2D eigenvalue weighted by molar-refractivity contribution is 5.80. The number of hydrogen-bond donors (Lipinski definition) is 0. The number of benzene rings is 4. The molecule has 0 spiro atoms. The molecule has 0 radical (unpaired) electrons. The molecule has 1 aliphatic carbocycles. The molecule has 0 N–H and O–H groups in total. The van der Waals surface area contributed by atoms with Crippen molar-refractivity contribution in [2.75, 3.05) is 67.1 Å². The minimum absolute atomic E-state index is 0.202. The first kappa shape index (κ1) is 37.4. The van der Waals surface area contributed by atoms with Gasteiger partial charge >= 0.3 is 0 Å². The Hall–Kier alpha value is -5.36. The molecule has 6 rings (SSSR count). The maximum absolute atomic E-state index is 12.4. The highest BCUT2D eigenvalue weighted by Crippen LogP contribution is 2.40. The lowest BCUT2D eigenvalue weighted by Crippen LogP contribution is -2.16. The molecule has 0 saturated heterocycles. The van der Waals surface area contributed by atoms with Crippen LogP contribution < -0.4 is 18.9 Å². The summed E-state index contributed by atoms with van der Waals surface area (Å²) in [6.45, 7) is 2.43. The largest absolute Gasteiger partial charge is 0.496 e. The molecule has 0 fully saturated rings. The van der Waals surface area contributed by atoms with Crippen molar-refractivity contribution in [1.29, 1.82) is 0 Å². The number of aldehydes is 4. The first-order chi connectivity index (χ1) is 26.0. The van der Waals surface area contributed by atoms with E-state index in [4.69, 9.17) is 33.2 Å². The van der Waals surface area contributed by atoms with Crippen molar-refractivity contribution in [3.63, 3.8) is 0 Å². The summed E-state index contributed by atoms with van der Waals surface area (Å²) < 4.78 is 42.3. The molecule has 10 bridgehead atoms. The highest BCUT2D eigenvalue weighted by atomic mass is 16.6. The molecule has 4 aromatic rings. The van der Waals surface area contributed by atoms with E-state index in [2.05, 4.69) is 0 Å². The summed E-state index contributed by atoms with van der Waals surface area (Å²) in [5, 5.41) is 0. The van der Waals surface area contributed by atoms with Gasteiger partial charge in [0.15, 0.2) is 0 Å². The van der Waals surface area contributed by atoms with Crippen molar-refractivity contribution in [3.05, 3.63) is 115 Å². The zero-order valence-corrected chi connectivity index (χ0v) is 29.9. The molecule has 11 heteroatoms. The zero-order valence-electron chi connectivity index (χ0n) is 29.9. The number of ether oxygens (including phenoxy) is 7. The van der Waals surface area contributed by atoms with Crippen LogP contribution in [0.2, 0.25) is 0 Å². The summed E-state index contributed by atoms with van der Waals surface area (Å²) in [7, 11) is 3.14. The molecule has 11 nitrogen and oxygen atoms in total.